The van der Waals surface area contributed by atoms with Crippen molar-refractivity contribution in [3.8, 4) is 0 Å². The minimum Gasteiger partial charge on any atom is -0.378 e. The Morgan fingerprint density at radius 2 is 1.92 bits per heavy atom. The highest BCUT2D eigenvalue weighted by Gasteiger charge is 2.23. The predicted molar refractivity (Wildman–Crippen MR) is 99.2 cm³/mol. The highest BCUT2D eigenvalue weighted by atomic mass is 32.2. The Bertz CT molecular complexity index is 667. The lowest BCUT2D eigenvalue weighted by Gasteiger charge is -2.27. The van der Waals surface area contributed by atoms with Crippen molar-refractivity contribution in [2.45, 2.75) is 38.7 Å². The number of benzene rings is 1. The summed E-state index contributed by atoms with van der Waals surface area (Å²) in [6.07, 6.45) is 5.40. The number of rotatable bonds is 7. The number of likely N-dealkylation sites (N-methyl/N-ethyl adjacent to an activating group) is 1. The molecule has 0 bridgehead atoms. The highest BCUT2D eigenvalue weighted by Crippen LogP contribution is 2.19. The van der Waals surface area contributed by atoms with Gasteiger partial charge in [-0.3, -0.25) is 9.10 Å². The molecular formula is C18H28N2O4S. The second-order valence-corrected chi connectivity index (χ2v) is 8.60. The van der Waals surface area contributed by atoms with Crippen LogP contribution in [-0.4, -0.2) is 58.3 Å². The van der Waals surface area contributed by atoms with E-state index >= 15 is 0 Å². The molecule has 1 amide bonds. The lowest BCUT2D eigenvalue weighted by atomic mass is 10.1. The third-order valence-corrected chi connectivity index (χ3v) is 5.63. The zero-order chi connectivity index (χ0) is 18.4. The second kappa shape index (κ2) is 8.67. The number of hydrogen-bond donors (Lipinski definition) is 0. The van der Waals surface area contributed by atoms with Crippen molar-refractivity contribution in [1.29, 1.82) is 0 Å². The molecule has 1 aromatic carbocycles. The Morgan fingerprint density at radius 1 is 1.24 bits per heavy atom. The number of sulfonamides is 1. The second-order valence-electron chi connectivity index (χ2n) is 6.70. The van der Waals surface area contributed by atoms with Crippen LogP contribution in [0, 0.1) is 6.92 Å². The Hall–Kier alpha value is -1.60. The first kappa shape index (κ1) is 19.7. The maximum absolute atomic E-state index is 12.5. The molecule has 1 aliphatic heterocycles. The number of ether oxygens (including phenoxy) is 1. The zero-order valence-electron chi connectivity index (χ0n) is 15.3. The van der Waals surface area contributed by atoms with Crippen LogP contribution in [0.2, 0.25) is 0 Å². The number of carbonyl (C=O) groups is 1. The number of carbonyl (C=O) groups excluding carboxylic acids is 1. The summed E-state index contributed by atoms with van der Waals surface area (Å²) < 4.78 is 31.1. The van der Waals surface area contributed by atoms with E-state index in [1.807, 2.05) is 19.1 Å². The van der Waals surface area contributed by atoms with E-state index in [-0.39, 0.29) is 18.6 Å². The normalized spacial score (nSPS) is 18.0. The van der Waals surface area contributed by atoms with Crippen LogP contribution in [0.1, 0.15) is 31.2 Å². The quantitative estimate of drug-likeness (QED) is 0.740. The number of hydrogen-bond acceptors (Lipinski definition) is 4. The predicted octanol–water partition coefficient (Wildman–Crippen LogP) is 2.18. The topological polar surface area (TPSA) is 66.9 Å². The van der Waals surface area contributed by atoms with Crippen molar-refractivity contribution < 1.29 is 17.9 Å². The minimum atomic E-state index is -3.53. The first-order valence-corrected chi connectivity index (χ1v) is 10.5. The summed E-state index contributed by atoms with van der Waals surface area (Å²) in [6.45, 7) is 3.09. The van der Waals surface area contributed by atoms with Gasteiger partial charge in [0.15, 0.2) is 0 Å². The molecule has 0 N–H and O–H groups in total. The number of nitrogens with zero attached hydrogens (tertiary/aromatic N) is 2. The summed E-state index contributed by atoms with van der Waals surface area (Å²) in [5, 5.41) is 0. The van der Waals surface area contributed by atoms with E-state index in [4.69, 9.17) is 4.74 Å². The Kier molecular flexibility index (Phi) is 6.84. The molecule has 1 saturated heterocycles. The van der Waals surface area contributed by atoms with Gasteiger partial charge in [0, 0.05) is 20.2 Å². The van der Waals surface area contributed by atoms with Crippen LogP contribution in [0.15, 0.2) is 24.3 Å². The average Bonchev–Trinajstić information content (AvgIpc) is 2.58. The summed E-state index contributed by atoms with van der Waals surface area (Å²) in [4.78, 5) is 14.1. The Balaban J connectivity index is 1.97. The number of aryl methyl sites for hydroxylation is 1. The molecule has 2 rings (SSSR count). The van der Waals surface area contributed by atoms with Crippen molar-refractivity contribution in [2.75, 3.05) is 37.3 Å². The summed E-state index contributed by atoms with van der Waals surface area (Å²) in [6, 6.07) is 7.11. The summed E-state index contributed by atoms with van der Waals surface area (Å²) >= 11 is 0. The van der Waals surface area contributed by atoms with Crippen molar-refractivity contribution in [2.24, 2.45) is 0 Å². The molecule has 0 spiro atoms. The minimum absolute atomic E-state index is 0.191. The molecule has 1 heterocycles. The number of amides is 1. The fourth-order valence-electron chi connectivity index (χ4n) is 2.85. The maximum Gasteiger partial charge on any atom is 0.243 e. The third-order valence-electron chi connectivity index (χ3n) is 4.49. The molecule has 140 valence electrons. The molecule has 0 saturated carbocycles. The van der Waals surface area contributed by atoms with Crippen LogP contribution in [0.5, 0.6) is 0 Å². The van der Waals surface area contributed by atoms with Gasteiger partial charge in [-0.05, 0) is 44.7 Å². The number of anilines is 1. The molecule has 7 heteroatoms. The maximum atomic E-state index is 12.5. The summed E-state index contributed by atoms with van der Waals surface area (Å²) in [7, 11) is -1.82. The van der Waals surface area contributed by atoms with Crippen molar-refractivity contribution in [1.82, 2.24) is 4.90 Å². The van der Waals surface area contributed by atoms with Gasteiger partial charge in [-0.1, -0.05) is 17.7 Å². The molecule has 0 aromatic heterocycles. The van der Waals surface area contributed by atoms with E-state index in [0.717, 1.165) is 48.4 Å². The van der Waals surface area contributed by atoms with Crippen molar-refractivity contribution >= 4 is 21.6 Å². The highest BCUT2D eigenvalue weighted by molar-refractivity contribution is 7.92. The standard InChI is InChI=1S/C18H28N2O4S/c1-15-7-9-16(10-8-15)20(25(3,22)23)14-18(21)19(2)12-11-17-6-4-5-13-24-17/h7-10,17H,4-6,11-14H2,1-3H3. The average molecular weight is 368 g/mol. The van der Waals surface area contributed by atoms with E-state index in [2.05, 4.69) is 0 Å². The smallest absolute Gasteiger partial charge is 0.243 e. The fraction of sp³-hybridized carbons (Fsp3) is 0.611. The molecule has 6 nitrogen and oxygen atoms in total. The van der Waals surface area contributed by atoms with Crippen molar-refractivity contribution in [3.05, 3.63) is 29.8 Å². The van der Waals surface area contributed by atoms with Crippen LogP contribution in [0.3, 0.4) is 0 Å². The summed E-state index contributed by atoms with van der Waals surface area (Å²) in [5.41, 5.74) is 1.54. The van der Waals surface area contributed by atoms with Crippen LogP contribution < -0.4 is 4.31 Å². The van der Waals surface area contributed by atoms with E-state index in [0.29, 0.717) is 12.2 Å². The van der Waals surface area contributed by atoms with E-state index in [9.17, 15) is 13.2 Å². The first-order valence-electron chi connectivity index (χ1n) is 8.67. The fourth-order valence-corrected chi connectivity index (χ4v) is 3.70. The first-order chi connectivity index (χ1) is 11.8. The van der Waals surface area contributed by atoms with Gasteiger partial charge in [0.2, 0.25) is 15.9 Å². The molecule has 1 aromatic rings. The largest absolute Gasteiger partial charge is 0.378 e. The molecule has 1 atom stereocenters. The zero-order valence-corrected chi connectivity index (χ0v) is 16.1. The molecule has 1 unspecified atom stereocenters. The van der Waals surface area contributed by atoms with Gasteiger partial charge < -0.3 is 9.64 Å². The summed E-state index contributed by atoms with van der Waals surface area (Å²) in [5.74, 6) is -0.221. The molecule has 1 aliphatic rings. The lowest BCUT2D eigenvalue weighted by molar-refractivity contribution is -0.128. The van der Waals surface area contributed by atoms with Crippen LogP contribution in [0.25, 0.3) is 0 Å². The van der Waals surface area contributed by atoms with E-state index in [1.165, 1.54) is 0 Å². The lowest BCUT2D eigenvalue weighted by Crippen LogP contribution is -2.42. The Morgan fingerprint density at radius 3 is 2.48 bits per heavy atom. The van der Waals surface area contributed by atoms with Gasteiger partial charge in [0.25, 0.3) is 0 Å². The SMILES string of the molecule is Cc1ccc(N(CC(=O)N(C)CCC2CCCCO2)S(C)(=O)=O)cc1. The van der Waals surface area contributed by atoms with Crippen LogP contribution in [-0.2, 0) is 19.6 Å². The van der Waals surface area contributed by atoms with Gasteiger partial charge in [-0.25, -0.2) is 8.42 Å². The van der Waals surface area contributed by atoms with Crippen LogP contribution in [0.4, 0.5) is 5.69 Å². The molecular weight excluding hydrogens is 340 g/mol. The van der Waals surface area contributed by atoms with Crippen LogP contribution >= 0.6 is 0 Å². The van der Waals surface area contributed by atoms with Gasteiger partial charge >= 0.3 is 0 Å². The molecule has 0 radical (unpaired) electrons. The monoisotopic (exact) mass is 368 g/mol. The van der Waals surface area contributed by atoms with Gasteiger partial charge in [0.1, 0.15) is 6.54 Å². The van der Waals surface area contributed by atoms with E-state index in [1.54, 1.807) is 24.1 Å². The van der Waals surface area contributed by atoms with Gasteiger partial charge in [-0.15, -0.1) is 0 Å². The van der Waals surface area contributed by atoms with Gasteiger partial charge in [0.05, 0.1) is 18.0 Å². The van der Waals surface area contributed by atoms with E-state index < -0.39 is 10.0 Å². The molecule has 25 heavy (non-hydrogen) atoms. The molecule has 1 fully saturated rings. The Labute approximate surface area is 150 Å². The van der Waals surface area contributed by atoms with Gasteiger partial charge in [-0.2, -0.15) is 0 Å². The molecule has 0 aliphatic carbocycles. The third kappa shape index (κ3) is 6.01. The van der Waals surface area contributed by atoms with Crippen molar-refractivity contribution in [3.63, 3.8) is 0 Å².